The van der Waals surface area contributed by atoms with Crippen LogP contribution in [0.3, 0.4) is 0 Å². The van der Waals surface area contributed by atoms with Crippen molar-refractivity contribution in [2.24, 2.45) is 0 Å². The summed E-state index contributed by atoms with van der Waals surface area (Å²) < 4.78 is 17.0. The first-order valence-electron chi connectivity index (χ1n) is 36.8. The number of carbonyl (C=O) groups excluding carboxylic acids is 3. The van der Waals surface area contributed by atoms with Gasteiger partial charge >= 0.3 is 17.9 Å². The molecule has 0 saturated heterocycles. The Morgan fingerprint density at radius 1 is 0.241 bits per heavy atom. The van der Waals surface area contributed by atoms with E-state index in [0.717, 1.165) is 77.0 Å². The largest absolute Gasteiger partial charge is 0.462 e. The maximum Gasteiger partial charge on any atom is 0.306 e. The Morgan fingerprint density at radius 3 is 0.699 bits per heavy atom. The lowest BCUT2D eigenvalue weighted by atomic mass is 10.0. The van der Waals surface area contributed by atoms with Crippen LogP contribution in [0.15, 0.2) is 60.8 Å². The van der Waals surface area contributed by atoms with Crippen molar-refractivity contribution >= 4 is 17.9 Å². The molecule has 0 aromatic rings. The van der Waals surface area contributed by atoms with Crippen molar-refractivity contribution in [2.75, 3.05) is 13.2 Å². The SMILES string of the molecule is CCCCC/C=C\C/C=C\CCCCCCCCCC(=O)OCC(COC(=O)CCCCCCCCCCCCCCC/C=C\C/C=C\CCCCCCC)OC(=O)CCCCCCCCCCCCC/C=C\CCCCCCCCCC. The van der Waals surface area contributed by atoms with Gasteiger partial charge in [-0.15, -0.1) is 0 Å². The average Bonchev–Trinajstić information content (AvgIpc) is 3.49. The second-order valence-electron chi connectivity index (χ2n) is 24.8. The maximum atomic E-state index is 13.0. The first kappa shape index (κ1) is 80.1. The van der Waals surface area contributed by atoms with Gasteiger partial charge in [-0.25, -0.2) is 0 Å². The first-order chi connectivity index (χ1) is 41.0. The van der Waals surface area contributed by atoms with Crippen molar-refractivity contribution in [3.63, 3.8) is 0 Å². The maximum absolute atomic E-state index is 13.0. The van der Waals surface area contributed by atoms with E-state index in [2.05, 4.69) is 81.5 Å². The van der Waals surface area contributed by atoms with Gasteiger partial charge in [-0.1, -0.05) is 326 Å². The summed E-state index contributed by atoms with van der Waals surface area (Å²) in [6.45, 7) is 6.66. The Kier molecular flexibility index (Phi) is 69.1. The Bertz CT molecular complexity index is 1470. The highest BCUT2D eigenvalue weighted by molar-refractivity contribution is 5.71. The van der Waals surface area contributed by atoms with Crippen LogP contribution in [0, 0.1) is 0 Å². The molecule has 0 aromatic carbocycles. The summed E-state index contributed by atoms with van der Waals surface area (Å²) in [6.07, 6.45) is 92.5. The number of hydrogen-bond donors (Lipinski definition) is 0. The zero-order chi connectivity index (χ0) is 59.9. The van der Waals surface area contributed by atoms with Crippen LogP contribution in [-0.4, -0.2) is 37.2 Å². The van der Waals surface area contributed by atoms with Crippen LogP contribution >= 0.6 is 0 Å². The smallest absolute Gasteiger partial charge is 0.306 e. The molecule has 0 fully saturated rings. The normalized spacial score (nSPS) is 12.4. The molecule has 0 aromatic heterocycles. The molecule has 0 heterocycles. The molecule has 0 spiro atoms. The minimum atomic E-state index is -0.780. The van der Waals surface area contributed by atoms with Gasteiger partial charge in [0.25, 0.3) is 0 Å². The molecular formula is C77H140O6. The van der Waals surface area contributed by atoms with Crippen LogP contribution in [-0.2, 0) is 28.6 Å². The van der Waals surface area contributed by atoms with E-state index in [1.807, 2.05) is 0 Å². The molecule has 0 aliphatic carbocycles. The Morgan fingerprint density at radius 2 is 0.434 bits per heavy atom. The second kappa shape index (κ2) is 71.6. The van der Waals surface area contributed by atoms with E-state index in [4.69, 9.17) is 14.2 Å². The number of hydrogen-bond acceptors (Lipinski definition) is 6. The molecule has 0 aliphatic heterocycles. The fourth-order valence-corrected chi connectivity index (χ4v) is 10.9. The minimum absolute atomic E-state index is 0.0743. The minimum Gasteiger partial charge on any atom is -0.462 e. The molecule has 484 valence electrons. The van der Waals surface area contributed by atoms with E-state index in [1.165, 1.54) is 276 Å². The zero-order valence-corrected chi connectivity index (χ0v) is 55.7. The fourth-order valence-electron chi connectivity index (χ4n) is 10.9. The summed E-state index contributed by atoms with van der Waals surface area (Å²) in [5, 5.41) is 0. The topological polar surface area (TPSA) is 78.9 Å². The van der Waals surface area contributed by atoms with Gasteiger partial charge in [0.1, 0.15) is 13.2 Å². The summed E-state index contributed by atoms with van der Waals surface area (Å²) in [5.74, 6) is -0.858. The lowest BCUT2D eigenvalue weighted by molar-refractivity contribution is -0.167. The summed E-state index contributed by atoms with van der Waals surface area (Å²) in [7, 11) is 0. The van der Waals surface area contributed by atoms with E-state index >= 15 is 0 Å². The standard InChI is InChI=1S/C77H140O6/c1-4-7-10-13-16-19-22-25-28-31-33-35-37-38-40-41-43-46-49-52-55-58-61-64-67-70-76(79)82-73-74(72-81-75(78)69-66-63-60-57-54-51-48-45-30-27-24-21-18-15-12-9-6-3)83-77(80)71-68-65-62-59-56-53-50-47-44-42-39-36-34-32-29-26-23-20-17-14-11-8-5-2/h18,21-22,25,27,30-34,74H,4-17,19-20,23-24,26,28-29,35-73H2,1-3H3/b21-18-,25-22-,30-27-,33-31-,34-32-. The molecule has 1 atom stereocenters. The van der Waals surface area contributed by atoms with Gasteiger partial charge in [-0.2, -0.15) is 0 Å². The second-order valence-corrected chi connectivity index (χ2v) is 24.8. The van der Waals surface area contributed by atoms with E-state index < -0.39 is 6.10 Å². The van der Waals surface area contributed by atoms with Crippen LogP contribution < -0.4 is 0 Å². The summed E-state index contributed by atoms with van der Waals surface area (Å²) in [6, 6.07) is 0. The number of ether oxygens (including phenoxy) is 3. The van der Waals surface area contributed by atoms with Gasteiger partial charge in [0.05, 0.1) is 0 Å². The van der Waals surface area contributed by atoms with Crippen molar-refractivity contribution in [1.82, 2.24) is 0 Å². The predicted molar refractivity (Wildman–Crippen MR) is 362 cm³/mol. The monoisotopic (exact) mass is 1160 g/mol. The van der Waals surface area contributed by atoms with E-state index in [1.54, 1.807) is 0 Å². The number of allylic oxidation sites excluding steroid dienone is 10. The predicted octanol–water partition coefficient (Wildman–Crippen LogP) is 25.5. The molecule has 0 aliphatic rings. The van der Waals surface area contributed by atoms with Crippen LogP contribution in [0.2, 0.25) is 0 Å². The Hall–Kier alpha value is -2.89. The highest BCUT2D eigenvalue weighted by Crippen LogP contribution is 2.18. The molecule has 0 amide bonds. The summed E-state index contributed by atoms with van der Waals surface area (Å²) in [5.41, 5.74) is 0. The lowest BCUT2D eigenvalue weighted by Gasteiger charge is -2.18. The molecule has 0 bridgehead atoms. The highest BCUT2D eigenvalue weighted by Gasteiger charge is 2.19. The number of rotatable bonds is 68. The third-order valence-electron chi connectivity index (χ3n) is 16.5. The van der Waals surface area contributed by atoms with E-state index in [-0.39, 0.29) is 31.1 Å². The van der Waals surface area contributed by atoms with Gasteiger partial charge < -0.3 is 14.2 Å². The van der Waals surface area contributed by atoms with E-state index in [0.29, 0.717) is 19.3 Å². The quantitative estimate of drug-likeness (QED) is 0.0261. The van der Waals surface area contributed by atoms with Crippen LogP contribution in [0.1, 0.15) is 393 Å². The lowest BCUT2D eigenvalue weighted by Crippen LogP contribution is -2.30. The van der Waals surface area contributed by atoms with Crippen molar-refractivity contribution in [2.45, 2.75) is 399 Å². The zero-order valence-electron chi connectivity index (χ0n) is 55.7. The summed E-state index contributed by atoms with van der Waals surface area (Å²) in [4.78, 5) is 38.5. The van der Waals surface area contributed by atoms with Gasteiger partial charge in [0.15, 0.2) is 6.10 Å². The third-order valence-corrected chi connectivity index (χ3v) is 16.5. The van der Waals surface area contributed by atoms with E-state index in [9.17, 15) is 14.4 Å². The van der Waals surface area contributed by atoms with Crippen molar-refractivity contribution in [3.05, 3.63) is 60.8 Å². The van der Waals surface area contributed by atoms with Gasteiger partial charge in [0, 0.05) is 19.3 Å². The van der Waals surface area contributed by atoms with Crippen LogP contribution in [0.5, 0.6) is 0 Å². The Labute approximate surface area is 517 Å². The molecule has 0 saturated carbocycles. The molecule has 1 unspecified atom stereocenters. The van der Waals surface area contributed by atoms with Gasteiger partial charge in [-0.05, 0) is 109 Å². The Balaban J connectivity index is 4.31. The average molecular weight is 1160 g/mol. The number of unbranched alkanes of at least 4 members (excludes halogenated alkanes) is 47. The molecule has 83 heavy (non-hydrogen) atoms. The highest BCUT2D eigenvalue weighted by atomic mass is 16.6. The van der Waals surface area contributed by atoms with Gasteiger partial charge in [-0.3, -0.25) is 14.4 Å². The molecular weight excluding hydrogens is 1020 g/mol. The number of carbonyl (C=O) groups is 3. The van der Waals surface area contributed by atoms with Crippen molar-refractivity contribution in [1.29, 1.82) is 0 Å². The number of esters is 3. The third kappa shape index (κ3) is 69.8. The summed E-state index contributed by atoms with van der Waals surface area (Å²) >= 11 is 0. The molecule has 0 rings (SSSR count). The van der Waals surface area contributed by atoms with Crippen molar-refractivity contribution in [3.8, 4) is 0 Å². The molecule has 6 heteroatoms. The molecule has 0 N–H and O–H groups in total. The first-order valence-corrected chi connectivity index (χ1v) is 36.8. The fraction of sp³-hybridized carbons (Fsp3) is 0.831. The molecule has 6 nitrogen and oxygen atoms in total. The van der Waals surface area contributed by atoms with Crippen molar-refractivity contribution < 1.29 is 28.6 Å². The molecule has 0 radical (unpaired) electrons. The van der Waals surface area contributed by atoms with Crippen LogP contribution in [0.4, 0.5) is 0 Å². The van der Waals surface area contributed by atoms with Crippen LogP contribution in [0.25, 0.3) is 0 Å². The van der Waals surface area contributed by atoms with Gasteiger partial charge in [0.2, 0.25) is 0 Å².